The molecule has 2 aromatic carbocycles. The molecule has 0 bridgehead atoms. The predicted molar refractivity (Wildman–Crippen MR) is 68.1 cm³/mol. The fourth-order valence-corrected chi connectivity index (χ4v) is 1.76. The Kier molecular flexibility index (Phi) is 3.80. The second-order valence-electron chi connectivity index (χ2n) is 4.03. The molecule has 21 heavy (non-hydrogen) atoms. The molecule has 0 unspecified atom stereocenters. The summed E-state index contributed by atoms with van der Waals surface area (Å²) in [6.07, 6.45) is -1.45. The van der Waals surface area contributed by atoms with Crippen LogP contribution >= 0.6 is 0 Å². The lowest BCUT2D eigenvalue weighted by molar-refractivity contribution is 0.209. The van der Waals surface area contributed by atoms with Crippen molar-refractivity contribution in [2.45, 2.75) is 0 Å². The molecule has 106 valence electrons. The van der Waals surface area contributed by atoms with E-state index < -0.39 is 29.1 Å². The van der Waals surface area contributed by atoms with Crippen LogP contribution in [0.25, 0.3) is 11.1 Å². The molecule has 4 nitrogen and oxygen atoms in total. The molecule has 2 N–H and O–H groups in total. The van der Waals surface area contributed by atoms with E-state index in [1.165, 1.54) is 12.1 Å². The summed E-state index contributed by atoms with van der Waals surface area (Å²) in [6, 6.07) is 6.92. The molecule has 0 spiro atoms. The molecule has 0 aromatic heterocycles. The van der Waals surface area contributed by atoms with Crippen LogP contribution in [0.15, 0.2) is 30.3 Å². The van der Waals surface area contributed by atoms with Crippen LogP contribution in [0.3, 0.4) is 0 Å². The standard InChI is InChI=1S/C14H7F3N2O2/c15-10-5-7(2-4-11(10)19-14(20)21)9-3-1-8(6-18)12(16)13(9)17/h1-5,19H,(H,20,21). The van der Waals surface area contributed by atoms with Crippen molar-refractivity contribution in [2.75, 3.05) is 5.32 Å². The van der Waals surface area contributed by atoms with Crippen molar-refractivity contribution in [3.8, 4) is 17.2 Å². The van der Waals surface area contributed by atoms with Gasteiger partial charge in [0.1, 0.15) is 11.9 Å². The van der Waals surface area contributed by atoms with E-state index in [-0.39, 0.29) is 16.8 Å². The Morgan fingerprint density at radius 1 is 1.14 bits per heavy atom. The maximum absolute atomic E-state index is 13.8. The highest BCUT2D eigenvalue weighted by Crippen LogP contribution is 2.28. The minimum absolute atomic E-state index is 0.0179. The van der Waals surface area contributed by atoms with Crippen molar-refractivity contribution < 1.29 is 23.1 Å². The van der Waals surface area contributed by atoms with Gasteiger partial charge in [0.2, 0.25) is 0 Å². The second-order valence-corrected chi connectivity index (χ2v) is 4.03. The summed E-state index contributed by atoms with van der Waals surface area (Å²) < 4.78 is 41.0. The van der Waals surface area contributed by atoms with Crippen molar-refractivity contribution >= 4 is 11.8 Å². The molecule has 7 heteroatoms. The molecule has 0 heterocycles. The molecule has 1 amide bonds. The summed E-state index contributed by atoms with van der Waals surface area (Å²) in [5.41, 5.74) is -0.974. The summed E-state index contributed by atoms with van der Waals surface area (Å²) in [5.74, 6) is -3.52. The van der Waals surface area contributed by atoms with E-state index in [1.54, 1.807) is 0 Å². The fourth-order valence-electron chi connectivity index (χ4n) is 1.76. The number of rotatable bonds is 2. The molecular weight excluding hydrogens is 285 g/mol. The van der Waals surface area contributed by atoms with Crippen molar-refractivity contribution in [1.82, 2.24) is 0 Å². The van der Waals surface area contributed by atoms with E-state index in [1.807, 2.05) is 5.32 Å². The maximum atomic E-state index is 13.8. The summed E-state index contributed by atoms with van der Waals surface area (Å²) >= 11 is 0. The minimum atomic E-state index is -1.45. The van der Waals surface area contributed by atoms with Gasteiger partial charge in [0.05, 0.1) is 11.3 Å². The van der Waals surface area contributed by atoms with E-state index in [0.29, 0.717) is 0 Å². The van der Waals surface area contributed by atoms with Gasteiger partial charge in [-0.05, 0) is 29.8 Å². The molecule has 0 radical (unpaired) electrons. The van der Waals surface area contributed by atoms with Gasteiger partial charge in [-0.15, -0.1) is 0 Å². The van der Waals surface area contributed by atoms with Crippen LogP contribution in [0.2, 0.25) is 0 Å². The van der Waals surface area contributed by atoms with Gasteiger partial charge in [-0.1, -0.05) is 6.07 Å². The monoisotopic (exact) mass is 292 g/mol. The summed E-state index contributed by atoms with van der Waals surface area (Å²) in [7, 11) is 0. The van der Waals surface area contributed by atoms with Gasteiger partial charge in [-0.3, -0.25) is 5.32 Å². The molecule has 0 saturated carbocycles. The van der Waals surface area contributed by atoms with Crippen molar-refractivity contribution in [1.29, 1.82) is 5.26 Å². The predicted octanol–water partition coefficient (Wildman–Crippen LogP) is 3.73. The number of hydrogen-bond donors (Lipinski definition) is 2. The number of anilines is 1. The zero-order valence-electron chi connectivity index (χ0n) is 10.3. The highest BCUT2D eigenvalue weighted by Gasteiger charge is 2.16. The molecule has 0 aliphatic rings. The number of benzene rings is 2. The van der Waals surface area contributed by atoms with Gasteiger partial charge in [-0.25, -0.2) is 18.0 Å². The molecule has 2 aromatic rings. The van der Waals surface area contributed by atoms with Gasteiger partial charge >= 0.3 is 6.09 Å². The van der Waals surface area contributed by atoms with E-state index in [0.717, 1.165) is 24.3 Å². The van der Waals surface area contributed by atoms with Crippen LogP contribution in [0.4, 0.5) is 23.7 Å². The quantitative estimate of drug-likeness (QED) is 0.885. The van der Waals surface area contributed by atoms with Gasteiger partial charge in [0.25, 0.3) is 0 Å². The average molecular weight is 292 g/mol. The fraction of sp³-hybridized carbons (Fsp3) is 0. The Labute approximate surface area is 117 Å². The number of halogens is 3. The minimum Gasteiger partial charge on any atom is -0.465 e. The third-order valence-electron chi connectivity index (χ3n) is 2.72. The van der Waals surface area contributed by atoms with E-state index >= 15 is 0 Å². The zero-order valence-corrected chi connectivity index (χ0v) is 10.3. The van der Waals surface area contributed by atoms with E-state index in [4.69, 9.17) is 10.4 Å². The average Bonchev–Trinajstić information content (AvgIpc) is 2.44. The SMILES string of the molecule is N#Cc1ccc(-c2ccc(NC(=O)O)c(F)c2)c(F)c1F. The molecule has 0 fully saturated rings. The van der Waals surface area contributed by atoms with Gasteiger partial charge in [0, 0.05) is 5.56 Å². The Balaban J connectivity index is 2.49. The van der Waals surface area contributed by atoms with Crippen molar-refractivity contribution in [3.05, 3.63) is 53.3 Å². The number of nitrogens with one attached hydrogen (secondary N) is 1. The number of hydrogen-bond acceptors (Lipinski definition) is 2. The van der Waals surface area contributed by atoms with Crippen LogP contribution in [-0.2, 0) is 0 Å². The first-order valence-corrected chi connectivity index (χ1v) is 5.62. The molecule has 0 atom stereocenters. The lowest BCUT2D eigenvalue weighted by atomic mass is 10.0. The first-order chi connectivity index (χ1) is 9.93. The molecule has 0 aliphatic carbocycles. The first kappa shape index (κ1) is 14.4. The van der Waals surface area contributed by atoms with Crippen LogP contribution < -0.4 is 5.32 Å². The van der Waals surface area contributed by atoms with Gasteiger partial charge < -0.3 is 5.11 Å². The highest BCUT2D eigenvalue weighted by atomic mass is 19.2. The van der Waals surface area contributed by atoms with E-state index in [2.05, 4.69) is 0 Å². The summed E-state index contributed by atoms with van der Waals surface area (Å²) in [4.78, 5) is 10.4. The van der Waals surface area contributed by atoms with Crippen LogP contribution in [0.1, 0.15) is 5.56 Å². The third-order valence-corrected chi connectivity index (χ3v) is 2.72. The maximum Gasteiger partial charge on any atom is 0.409 e. The summed E-state index contributed by atoms with van der Waals surface area (Å²) in [5, 5.41) is 18.9. The van der Waals surface area contributed by atoms with Crippen molar-refractivity contribution in [2.24, 2.45) is 0 Å². The van der Waals surface area contributed by atoms with Crippen LogP contribution in [0.5, 0.6) is 0 Å². The van der Waals surface area contributed by atoms with Gasteiger partial charge in [-0.2, -0.15) is 5.26 Å². The largest absolute Gasteiger partial charge is 0.465 e. The number of nitriles is 1. The Hall–Kier alpha value is -3.01. The molecule has 2 rings (SSSR count). The summed E-state index contributed by atoms with van der Waals surface area (Å²) in [6.45, 7) is 0. The number of carbonyl (C=O) groups is 1. The Morgan fingerprint density at radius 3 is 2.43 bits per heavy atom. The normalized spacial score (nSPS) is 10.0. The molecule has 0 saturated heterocycles. The number of carboxylic acid groups (broad SMARTS) is 1. The smallest absolute Gasteiger partial charge is 0.409 e. The lowest BCUT2D eigenvalue weighted by Crippen LogP contribution is -2.08. The molecular formula is C14H7F3N2O2. The topological polar surface area (TPSA) is 73.1 Å². The Morgan fingerprint density at radius 2 is 1.86 bits per heavy atom. The second kappa shape index (κ2) is 5.54. The van der Waals surface area contributed by atoms with Crippen LogP contribution in [0, 0.1) is 28.8 Å². The zero-order chi connectivity index (χ0) is 15.6. The van der Waals surface area contributed by atoms with Gasteiger partial charge in [0.15, 0.2) is 11.6 Å². The van der Waals surface area contributed by atoms with Crippen molar-refractivity contribution in [3.63, 3.8) is 0 Å². The Bertz CT molecular complexity index is 770. The number of amides is 1. The molecule has 0 aliphatic heterocycles. The highest BCUT2D eigenvalue weighted by molar-refractivity contribution is 5.83. The first-order valence-electron chi connectivity index (χ1n) is 5.62. The lowest BCUT2D eigenvalue weighted by Gasteiger charge is -2.08. The van der Waals surface area contributed by atoms with Crippen LogP contribution in [-0.4, -0.2) is 11.2 Å². The van der Waals surface area contributed by atoms with E-state index in [9.17, 15) is 18.0 Å². The third kappa shape index (κ3) is 2.79. The number of nitrogens with zero attached hydrogens (tertiary/aromatic N) is 1.